The molecule has 2 heterocycles. The van der Waals surface area contributed by atoms with Crippen LogP contribution in [-0.2, 0) is 0 Å². The van der Waals surface area contributed by atoms with Crippen LogP contribution in [0, 0.1) is 5.82 Å². The van der Waals surface area contributed by atoms with Gasteiger partial charge in [0.05, 0.1) is 17.8 Å². The molecule has 2 aromatic rings. The number of amides is 1. The maximum absolute atomic E-state index is 13.4. The number of carbonyl (C=O) groups excluding carboxylic acids is 1. The van der Waals surface area contributed by atoms with Gasteiger partial charge in [-0.1, -0.05) is 0 Å². The van der Waals surface area contributed by atoms with E-state index in [9.17, 15) is 9.18 Å². The van der Waals surface area contributed by atoms with Crippen molar-refractivity contribution in [3.05, 3.63) is 47.5 Å². The van der Waals surface area contributed by atoms with Crippen LogP contribution in [0.25, 0.3) is 0 Å². The number of benzene rings is 1. The summed E-state index contributed by atoms with van der Waals surface area (Å²) >= 11 is 0. The van der Waals surface area contributed by atoms with E-state index in [4.69, 9.17) is 4.74 Å². The number of H-pyrrole nitrogens is 1. The number of aromatic nitrogens is 1. The Kier molecular flexibility index (Phi) is 2.96. The number of hydrogen-bond acceptors (Lipinski definition) is 2. The largest absolute Gasteiger partial charge is 0.487 e. The molecule has 4 rings (SSSR count). The average Bonchev–Trinajstić information content (AvgIpc) is 3.22. The van der Waals surface area contributed by atoms with E-state index in [-0.39, 0.29) is 17.8 Å². The zero-order valence-electron chi connectivity index (χ0n) is 12.3. The van der Waals surface area contributed by atoms with Gasteiger partial charge in [-0.05, 0) is 43.9 Å². The highest BCUT2D eigenvalue weighted by Gasteiger charge is 2.34. The molecule has 1 aliphatic heterocycles. The Bertz CT molecular complexity index is 736. The molecule has 22 heavy (non-hydrogen) atoms. The van der Waals surface area contributed by atoms with Crippen LogP contribution in [0.1, 0.15) is 41.7 Å². The molecule has 0 spiro atoms. The molecule has 114 valence electrons. The fourth-order valence-electron chi connectivity index (χ4n) is 3.03. The summed E-state index contributed by atoms with van der Waals surface area (Å²) in [5.41, 5.74) is 2.37. The first-order valence-corrected chi connectivity index (χ1v) is 7.59. The quantitative estimate of drug-likeness (QED) is 0.923. The van der Waals surface area contributed by atoms with Crippen molar-refractivity contribution in [3.8, 4) is 5.75 Å². The van der Waals surface area contributed by atoms with Crippen LogP contribution in [0.15, 0.2) is 30.5 Å². The lowest BCUT2D eigenvalue weighted by Gasteiger charge is -2.33. The summed E-state index contributed by atoms with van der Waals surface area (Å²) in [5.74, 6) is 0.488. The second-order valence-electron chi connectivity index (χ2n) is 6.04. The van der Waals surface area contributed by atoms with E-state index in [0.717, 1.165) is 18.5 Å². The molecule has 1 aromatic carbocycles. The molecule has 1 N–H and O–H groups in total. The summed E-state index contributed by atoms with van der Waals surface area (Å²) in [6.07, 6.45) is 3.90. The van der Waals surface area contributed by atoms with Gasteiger partial charge in [0.1, 0.15) is 17.7 Å². The highest BCUT2D eigenvalue weighted by atomic mass is 19.1. The van der Waals surface area contributed by atoms with Crippen molar-refractivity contribution in [2.45, 2.75) is 31.8 Å². The number of nitrogens with one attached hydrogen (secondary N) is 1. The van der Waals surface area contributed by atoms with Crippen molar-refractivity contribution in [1.29, 1.82) is 0 Å². The fourth-order valence-corrected chi connectivity index (χ4v) is 3.03. The van der Waals surface area contributed by atoms with Gasteiger partial charge >= 0.3 is 0 Å². The molecule has 2 aliphatic rings. The molecular weight excluding hydrogens is 283 g/mol. The lowest BCUT2D eigenvalue weighted by Crippen LogP contribution is -2.42. The summed E-state index contributed by atoms with van der Waals surface area (Å²) in [6, 6.07) is 6.14. The minimum atomic E-state index is -0.361. The fraction of sp³-hybridized carbons (Fsp3) is 0.353. The molecule has 0 saturated heterocycles. The molecule has 1 amide bonds. The standard InChI is InChI=1S/C17H17FN2O2/c1-10-9-20(14-5-4-12(18)8-15(14)22-10)17(21)13-6-7-19-16(13)11-2-3-11/h4-8,10-11,19H,2-3,9H2,1H3. The smallest absolute Gasteiger partial charge is 0.260 e. The predicted octanol–water partition coefficient (Wildman–Crippen LogP) is 3.46. The number of halogens is 1. The SMILES string of the molecule is CC1CN(C(=O)c2cc[nH]c2C2CC2)c2ccc(F)cc2O1. The van der Waals surface area contributed by atoms with Crippen LogP contribution in [0.3, 0.4) is 0 Å². The first-order chi connectivity index (χ1) is 10.6. The van der Waals surface area contributed by atoms with Gasteiger partial charge in [0.25, 0.3) is 5.91 Å². The Morgan fingerprint density at radius 3 is 2.95 bits per heavy atom. The maximum atomic E-state index is 13.4. The molecule has 1 aliphatic carbocycles. The normalized spacial score (nSPS) is 20.5. The van der Waals surface area contributed by atoms with E-state index in [0.29, 0.717) is 29.5 Å². The molecule has 5 heteroatoms. The average molecular weight is 300 g/mol. The minimum absolute atomic E-state index is 0.0499. The van der Waals surface area contributed by atoms with Crippen molar-refractivity contribution < 1.29 is 13.9 Å². The third-order valence-corrected chi connectivity index (χ3v) is 4.22. The third-order valence-electron chi connectivity index (χ3n) is 4.22. The first kappa shape index (κ1) is 13.4. The third kappa shape index (κ3) is 2.17. The second-order valence-corrected chi connectivity index (χ2v) is 6.04. The van der Waals surface area contributed by atoms with Crippen LogP contribution in [0.4, 0.5) is 10.1 Å². The van der Waals surface area contributed by atoms with E-state index in [1.807, 2.05) is 19.2 Å². The zero-order chi connectivity index (χ0) is 15.3. The van der Waals surface area contributed by atoms with Crippen molar-refractivity contribution in [2.24, 2.45) is 0 Å². The zero-order valence-corrected chi connectivity index (χ0v) is 12.3. The maximum Gasteiger partial charge on any atom is 0.260 e. The van der Waals surface area contributed by atoms with Gasteiger partial charge in [0, 0.05) is 18.0 Å². The molecule has 1 saturated carbocycles. The van der Waals surface area contributed by atoms with Crippen LogP contribution in [0.2, 0.25) is 0 Å². The number of rotatable bonds is 2. The molecule has 4 nitrogen and oxygen atoms in total. The lowest BCUT2D eigenvalue weighted by molar-refractivity contribution is 0.0960. The van der Waals surface area contributed by atoms with E-state index < -0.39 is 0 Å². The van der Waals surface area contributed by atoms with E-state index in [1.165, 1.54) is 12.1 Å². The van der Waals surface area contributed by atoms with Gasteiger partial charge in [-0.15, -0.1) is 0 Å². The van der Waals surface area contributed by atoms with Crippen LogP contribution < -0.4 is 9.64 Å². The number of ether oxygens (including phenoxy) is 1. The molecule has 0 bridgehead atoms. The minimum Gasteiger partial charge on any atom is -0.487 e. The summed E-state index contributed by atoms with van der Waals surface area (Å²) < 4.78 is 19.1. The Labute approximate surface area is 127 Å². The Balaban J connectivity index is 1.73. The topological polar surface area (TPSA) is 45.3 Å². The second kappa shape index (κ2) is 4.87. The van der Waals surface area contributed by atoms with Crippen LogP contribution in [0.5, 0.6) is 5.75 Å². The van der Waals surface area contributed by atoms with Crippen molar-refractivity contribution in [3.63, 3.8) is 0 Å². The van der Waals surface area contributed by atoms with Gasteiger partial charge in [-0.2, -0.15) is 0 Å². The number of hydrogen-bond donors (Lipinski definition) is 1. The molecule has 1 unspecified atom stereocenters. The van der Waals surface area contributed by atoms with Crippen molar-refractivity contribution in [1.82, 2.24) is 4.98 Å². The first-order valence-electron chi connectivity index (χ1n) is 7.59. The van der Waals surface area contributed by atoms with Crippen molar-refractivity contribution >= 4 is 11.6 Å². The van der Waals surface area contributed by atoms with Gasteiger partial charge in [-0.3, -0.25) is 4.79 Å². The summed E-state index contributed by atoms with van der Waals surface area (Å²) in [6.45, 7) is 2.35. The van der Waals surface area contributed by atoms with E-state index in [2.05, 4.69) is 4.98 Å². The highest BCUT2D eigenvalue weighted by molar-refractivity contribution is 6.08. The molecular formula is C17H17FN2O2. The molecule has 0 radical (unpaired) electrons. The number of carbonyl (C=O) groups is 1. The Morgan fingerprint density at radius 1 is 1.36 bits per heavy atom. The number of nitrogens with zero attached hydrogens (tertiary/aromatic N) is 1. The van der Waals surface area contributed by atoms with Gasteiger partial charge in [0.15, 0.2) is 0 Å². The summed E-state index contributed by atoms with van der Waals surface area (Å²) in [7, 11) is 0. The Hall–Kier alpha value is -2.30. The number of anilines is 1. The molecule has 1 aromatic heterocycles. The van der Waals surface area contributed by atoms with Gasteiger partial charge in [-0.25, -0.2) is 4.39 Å². The van der Waals surface area contributed by atoms with Gasteiger partial charge < -0.3 is 14.6 Å². The summed E-state index contributed by atoms with van der Waals surface area (Å²) in [4.78, 5) is 17.8. The van der Waals surface area contributed by atoms with Crippen LogP contribution in [-0.4, -0.2) is 23.5 Å². The molecule has 1 fully saturated rings. The highest BCUT2D eigenvalue weighted by Crippen LogP contribution is 2.42. The lowest BCUT2D eigenvalue weighted by atomic mass is 10.1. The number of aromatic amines is 1. The van der Waals surface area contributed by atoms with Gasteiger partial charge in [0.2, 0.25) is 0 Å². The predicted molar refractivity (Wildman–Crippen MR) is 80.9 cm³/mol. The molecule has 1 atom stereocenters. The van der Waals surface area contributed by atoms with Crippen molar-refractivity contribution in [2.75, 3.05) is 11.4 Å². The Morgan fingerprint density at radius 2 is 2.18 bits per heavy atom. The summed E-state index contributed by atoms with van der Waals surface area (Å²) in [5, 5.41) is 0. The monoisotopic (exact) mass is 300 g/mol. The number of fused-ring (bicyclic) bond motifs is 1. The van der Waals surface area contributed by atoms with E-state index >= 15 is 0 Å². The van der Waals surface area contributed by atoms with Crippen LogP contribution >= 0.6 is 0 Å². The van der Waals surface area contributed by atoms with E-state index in [1.54, 1.807) is 11.0 Å².